The van der Waals surface area contributed by atoms with Crippen molar-refractivity contribution in [2.24, 2.45) is 5.92 Å². The molecule has 0 N–H and O–H groups in total. The van der Waals surface area contributed by atoms with E-state index in [4.69, 9.17) is 11.6 Å². The van der Waals surface area contributed by atoms with Crippen molar-refractivity contribution in [1.82, 2.24) is 14.5 Å². The Balaban J connectivity index is 1.59. The van der Waals surface area contributed by atoms with Crippen LogP contribution in [0.3, 0.4) is 0 Å². The van der Waals surface area contributed by atoms with Gasteiger partial charge in [0.1, 0.15) is 11.2 Å². The van der Waals surface area contributed by atoms with Crippen molar-refractivity contribution in [2.75, 3.05) is 13.1 Å². The van der Waals surface area contributed by atoms with Gasteiger partial charge >= 0.3 is 0 Å². The molecular formula is C21H22ClN3O2S. The second-order valence-electron chi connectivity index (χ2n) is 7.29. The van der Waals surface area contributed by atoms with Crippen LogP contribution in [0.25, 0.3) is 20.7 Å². The molecule has 0 atom stereocenters. The third-order valence-corrected chi connectivity index (χ3v) is 6.37. The van der Waals surface area contributed by atoms with E-state index >= 15 is 0 Å². The van der Waals surface area contributed by atoms with Gasteiger partial charge in [0, 0.05) is 23.0 Å². The zero-order valence-corrected chi connectivity index (χ0v) is 17.3. The first-order chi connectivity index (χ1) is 13.5. The Hall–Kier alpha value is -2.18. The SMILES string of the molecule is CCCN(CC1CC1)C(=O)Cn1cnc2cc(-c3ccc(Cl)cc3)sc2c1=O. The highest BCUT2D eigenvalue weighted by atomic mass is 35.5. The fourth-order valence-electron chi connectivity index (χ4n) is 3.26. The van der Waals surface area contributed by atoms with Gasteiger partial charge in [0.2, 0.25) is 5.91 Å². The minimum absolute atomic E-state index is 0.00789. The van der Waals surface area contributed by atoms with Crippen LogP contribution in [0, 0.1) is 5.92 Å². The summed E-state index contributed by atoms with van der Waals surface area (Å²) in [7, 11) is 0. The average molecular weight is 416 g/mol. The van der Waals surface area contributed by atoms with Crippen LogP contribution in [0.5, 0.6) is 0 Å². The normalized spacial score (nSPS) is 13.8. The number of carbonyl (C=O) groups is 1. The Morgan fingerprint density at radius 3 is 2.75 bits per heavy atom. The van der Waals surface area contributed by atoms with Gasteiger partial charge in [-0.25, -0.2) is 4.98 Å². The summed E-state index contributed by atoms with van der Waals surface area (Å²) in [6.07, 6.45) is 4.80. The monoisotopic (exact) mass is 415 g/mol. The van der Waals surface area contributed by atoms with Crippen LogP contribution < -0.4 is 5.56 Å². The fourth-order valence-corrected chi connectivity index (χ4v) is 4.45. The van der Waals surface area contributed by atoms with Gasteiger partial charge in [0.05, 0.1) is 11.8 Å². The number of thiophene rings is 1. The molecule has 2 aromatic heterocycles. The molecule has 0 bridgehead atoms. The molecule has 28 heavy (non-hydrogen) atoms. The van der Waals surface area contributed by atoms with Crippen molar-refractivity contribution in [2.45, 2.75) is 32.7 Å². The Kier molecular flexibility index (Phi) is 5.51. The predicted octanol–water partition coefficient (Wildman–Crippen LogP) is 4.43. The van der Waals surface area contributed by atoms with Crippen LogP contribution in [0.1, 0.15) is 26.2 Å². The summed E-state index contributed by atoms with van der Waals surface area (Å²) < 4.78 is 2.01. The average Bonchev–Trinajstić information content (AvgIpc) is 3.40. The molecule has 1 amide bonds. The van der Waals surface area contributed by atoms with E-state index in [1.54, 1.807) is 0 Å². The Labute approximate surface area is 172 Å². The number of hydrogen-bond acceptors (Lipinski definition) is 4. The quantitative estimate of drug-likeness (QED) is 0.573. The van der Waals surface area contributed by atoms with E-state index in [-0.39, 0.29) is 18.0 Å². The molecule has 1 aromatic carbocycles. The van der Waals surface area contributed by atoms with E-state index in [0.717, 1.165) is 30.0 Å². The molecule has 1 aliphatic rings. The smallest absolute Gasteiger partial charge is 0.271 e. The van der Waals surface area contributed by atoms with Crippen molar-refractivity contribution in [1.29, 1.82) is 0 Å². The summed E-state index contributed by atoms with van der Waals surface area (Å²) in [6.45, 7) is 3.65. The lowest BCUT2D eigenvalue weighted by atomic mass is 10.2. The van der Waals surface area contributed by atoms with Gasteiger partial charge in [-0.1, -0.05) is 30.7 Å². The lowest BCUT2D eigenvalue weighted by Crippen LogP contribution is -2.38. The van der Waals surface area contributed by atoms with Crippen LogP contribution >= 0.6 is 22.9 Å². The van der Waals surface area contributed by atoms with Gasteiger partial charge in [0.25, 0.3) is 5.56 Å². The number of aromatic nitrogens is 2. The van der Waals surface area contributed by atoms with Crippen LogP contribution in [0.2, 0.25) is 5.02 Å². The number of halogens is 1. The lowest BCUT2D eigenvalue weighted by Gasteiger charge is -2.22. The fraction of sp³-hybridized carbons (Fsp3) is 0.381. The summed E-state index contributed by atoms with van der Waals surface area (Å²) in [4.78, 5) is 32.9. The first-order valence-corrected chi connectivity index (χ1v) is 10.8. The summed E-state index contributed by atoms with van der Waals surface area (Å²) in [5, 5.41) is 0.673. The zero-order valence-electron chi connectivity index (χ0n) is 15.7. The molecule has 0 aliphatic heterocycles. The van der Waals surface area contributed by atoms with Gasteiger partial charge in [-0.3, -0.25) is 14.2 Å². The molecule has 0 saturated heterocycles. The number of benzene rings is 1. The highest BCUT2D eigenvalue weighted by Crippen LogP contribution is 2.32. The largest absolute Gasteiger partial charge is 0.341 e. The van der Waals surface area contributed by atoms with Crippen molar-refractivity contribution in [3.8, 4) is 10.4 Å². The second kappa shape index (κ2) is 8.05. The van der Waals surface area contributed by atoms with Gasteiger partial charge < -0.3 is 4.90 Å². The highest BCUT2D eigenvalue weighted by molar-refractivity contribution is 7.22. The van der Waals surface area contributed by atoms with Crippen LogP contribution in [0.4, 0.5) is 0 Å². The molecule has 146 valence electrons. The Morgan fingerprint density at radius 2 is 2.07 bits per heavy atom. The molecule has 0 spiro atoms. The predicted molar refractivity (Wildman–Crippen MR) is 114 cm³/mol. The standard InChI is InChI=1S/C21H22ClN3O2S/c1-2-9-24(11-14-3-4-14)19(26)12-25-13-23-17-10-18(28-20(17)21(25)27)15-5-7-16(22)8-6-15/h5-8,10,13-14H,2-4,9,11-12H2,1H3. The number of nitrogens with zero attached hydrogens (tertiary/aromatic N) is 3. The molecule has 5 nitrogen and oxygen atoms in total. The zero-order chi connectivity index (χ0) is 19.7. The van der Waals surface area contributed by atoms with E-state index in [1.807, 2.05) is 35.2 Å². The number of fused-ring (bicyclic) bond motifs is 1. The lowest BCUT2D eigenvalue weighted by molar-refractivity contribution is -0.132. The molecule has 2 heterocycles. The van der Waals surface area contributed by atoms with E-state index in [1.165, 1.54) is 35.1 Å². The summed E-state index contributed by atoms with van der Waals surface area (Å²) in [5.74, 6) is 0.624. The molecule has 0 unspecified atom stereocenters. The van der Waals surface area contributed by atoms with Crippen LogP contribution in [-0.4, -0.2) is 33.4 Å². The molecule has 4 rings (SSSR count). The van der Waals surface area contributed by atoms with Gasteiger partial charge in [-0.15, -0.1) is 11.3 Å². The molecule has 3 aromatic rings. The third kappa shape index (κ3) is 4.13. The van der Waals surface area contributed by atoms with Crippen LogP contribution in [-0.2, 0) is 11.3 Å². The van der Waals surface area contributed by atoms with Crippen molar-refractivity contribution in [3.05, 3.63) is 52.0 Å². The Bertz CT molecular complexity index is 1050. The number of hydrogen-bond donors (Lipinski definition) is 0. The maximum Gasteiger partial charge on any atom is 0.271 e. The van der Waals surface area contributed by atoms with E-state index in [0.29, 0.717) is 21.2 Å². The molecule has 1 fully saturated rings. The molecule has 0 radical (unpaired) electrons. The number of rotatable bonds is 7. The summed E-state index contributed by atoms with van der Waals surface area (Å²) >= 11 is 7.36. The minimum atomic E-state index is -0.161. The van der Waals surface area contributed by atoms with E-state index in [9.17, 15) is 9.59 Å². The van der Waals surface area contributed by atoms with Crippen LogP contribution in [0.15, 0.2) is 41.5 Å². The highest BCUT2D eigenvalue weighted by Gasteiger charge is 2.26. The topological polar surface area (TPSA) is 55.2 Å². The third-order valence-electron chi connectivity index (χ3n) is 4.96. The summed E-state index contributed by atoms with van der Waals surface area (Å²) in [5.41, 5.74) is 1.49. The number of amides is 1. The maximum atomic E-state index is 12.9. The molecule has 1 aliphatic carbocycles. The first-order valence-electron chi connectivity index (χ1n) is 9.58. The van der Waals surface area contributed by atoms with Crippen molar-refractivity contribution >= 4 is 39.1 Å². The first kappa shape index (κ1) is 19.2. The summed E-state index contributed by atoms with van der Waals surface area (Å²) in [6, 6.07) is 9.42. The maximum absolute atomic E-state index is 12.9. The second-order valence-corrected chi connectivity index (χ2v) is 8.78. The van der Waals surface area contributed by atoms with Gasteiger partial charge in [-0.05, 0) is 48.9 Å². The molecule has 7 heteroatoms. The molecular weight excluding hydrogens is 394 g/mol. The van der Waals surface area contributed by atoms with Crippen molar-refractivity contribution in [3.63, 3.8) is 0 Å². The number of carbonyl (C=O) groups excluding carboxylic acids is 1. The van der Waals surface area contributed by atoms with Gasteiger partial charge in [-0.2, -0.15) is 0 Å². The molecule has 1 saturated carbocycles. The van der Waals surface area contributed by atoms with Crippen molar-refractivity contribution < 1.29 is 4.79 Å². The minimum Gasteiger partial charge on any atom is -0.341 e. The Morgan fingerprint density at radius 1 is 1.32 bits per heavy atom. The van der Waals surface area contributed by atoms with Gasteiger partial charge in [0.15, 0.2) is 0 Å². The van der Waals surface area contributed by atoms with E-state index in [2.05, 4.69) is 11.9 Å². The van der Waals surface area contributed by atoms with E-state index < -0.39 is 0 Å².